The molecular weight excluding hydrogens is 308 g/mol. The second-order valence-electron chi connectivity index (χ2n) is 7.65. The number of hydrogen-bond donors (Lipinski definition) is 0. The minimum atomic E-state index is -0.331. The van der Waals surface area contributed by atoms with Gasteiger partial charge in [-0.3, -0.25) is 0 Å². The number of carbonyl (C=O) groups is 1. The average molecular weight is 338 g/mol. The lowest BCUT2D eigenvalue weighted by Gasteiger charge is -2.50. The van der Waals surface area contributed by atoms with E-state index in [1.165, 1.54) is 0 Å². The van der Waals surface area contributed by atoms with Crippen LogP contribution < -0.4 is 0 Å². The van der Waals surface area contributed by atoms with Crippen LogP contribution in [0.25, 0.3) is 0 Å². The molecule has 1 aliphatic carbocycles. The maximum atomic E-state index is 12.0. The third kappa shape index (κ3) is 2.91. The maximum absolute atomic E-state index is 12.0. The summed E-state index contributed by atoms with van der Waals surface area (Å²) in [6.45, 7) is 13.6. The SMILES string of the molecule is C=C1C(=O)OC2CC(C)C3CC(OCC)OC(OCC)C3(C)CC12. The highest BCUT2D eigenvalue weighted by atomic mass is 16.8. The Balaban J connectivity index is 1.92. The molecule has 3 fully saturated rings. The van der Waals surface area contributed by atoms with E-state index in [-0.39, 0.29) is 36.0 Å². The summed E-state index contributed by atoms with van der Waals surface area (Å²) in [5, 5.41) is 0. The van der Waals surface area contributed by atoms with E-state index >= 15 is 0 Å². The Morgan fingerprint density at radius 3 is 2.62 bits per heavy atom. The monoisotopic (exact) mass is 338 g/mol. The third-order valence-electron chi connectivity index (χ3n) is 6.15. The molecule has 0 radical (unpaired) electrons. The lowest BCUT2D eigenvalue weighted by atomic mass is 9.65. The van der Waals surface area contributed by atoms with E-state index in [1.54, 1.807) is 0 Å². The molecule has 2 heterocycles. The predicted octanol–water partition coefficient (Wildman–Crippen LogP) is 3.28. The molecule has 0 bridgehead atoms. The number of ether oxygens (including phenoxy) is 4. The van der Waals surface area contributed by atoms with E-state index in [2.05, 4.69) is 20.4 Å². The highest BCUT2D eigenvalue weighted by molar-refractivity contribution is 5.90. The molecule has 1 saturated carbocycles. The summed E-state index contributed by atoms with van der Waals surface area (Å²) in [7, 11) is 0. The van der Waals surface area contributed by atoms with Crippen LogP contribution in [0.2, 0.25) is 0 Å². The second-order valence-corrected chi connectivity index (χ2v) is 7.65. The minimum Gasteiger partial charge on any atom is -0.458 e. The molecule has 5 heteroatoms. The first-order chi connectivity index (χ1) is 11.4. The zero-order valence-electron chi connectivity index (χ0n) is 15.2. The highest BCUT2D eigenvalue weighted by Crippen LogP contribution is 2.55. The van der Waals surface area contributed by atoms with Crippen molar-refractivity contribution in [2.24, 2.45) is 23.2 Å². The normalized spacial score (nSPS) is 45.3. The van der Waals surface area contributed by atoms with Crippen LogP contribution in [0.5, 0.6) is 0 Å². The summed E-state index contributed by atoms with van der Waals surface area (Å²) in [5.41, 5.74) is 0.426. The van der Waals surface area contributed by atoms with Crippen molar-refractivity contribution in [2.45, 2.75) is 65.6 Å². The van der Waals surface area contributed by atoms with Crippen LogP contribution in [-0.2, 0) is 23.7 Å². The first-order valence-electron chi connectivity index (χ1n) is 9.19. The smallest absolute Gasteiger partial charge is 0.334 e. The molecule has 3 rings (SSSR count). The summed E-state index contributed by atoms with van der Waals surface area (Å²) in [5.74, 6) is 0.622. The summed E-state index contributed by atoms with van der Waals surface area (Å²) in [6.07, 6.45) is 1.91. The maximum Gasteiger partial charge on any atom is 0.334 e. The molecule has 3 aliphatic rings. The Hall–Kier alpha value is -0.910. The quantitative estimate of drug-likeness (QED) is 0.581. The molecule has 2 aliphatic heterocycles. The van der Waals surface area contributed by atoms with Gasteiger partial charge in [0.25, 0.3) is 0 Å². The van der Waals surface area contributed by atoms with Gasteiger partial charge < -0.3 is 18.9 Å². The van der Waals surface area contributed by atoms with Gasteiger partial charge in [-0.25, -0.2) is 4.79 Å². The highest BCUT2D eigenvalue weighted by Gasteiger charge is 2.57. The van der Waals surface area contributed by atoms with Crippen LogP contribution in [0, 0.1) is 23.2 Å². The van der Waals surface area contributed by atoms with E-state index in [9.17, 15) is 4.79 Å². The fraction of sp³-hybridized carbons (Fsp3) is 0.842. The van der Waals surface area contributed by atoms with Crippen molar-refractivity contribution in [3.05, 3.63) is 12.2 Å². The van der Waals surface area contributed by atoms with Gasteiger partial charge in [-0.2, -0.15) is 0 Å². The standard InChI is InChI=1S/C19H30O5/c1-6-21-16-9-14-11(3)8-15-13(12(4)17(20)23-15)10-19(14,5)18(24-16)22-7-2/h11,13-16,18H,4,6-10H2,1-3,5H3. The Morgan fingerprint density at radius 2 is 1.96 bits per heavy atom. The van der Waals surface area contributed by atoms with Crippen LogP contribution >= 0.6 is 0 Å². The first-order valence-corrected chi connectivity index (χ1v) is 9.19. The Labute approximate surface area is 144 Å². The Bertz CT molecular complexity index is 504. The van der Waals surface area contributed by atoms with Gasteiger partial charge in [0.2, 0.25) is 0 Å². The lowest BCUT2D eigenvalue weighted by molar-refractivity contribution is -0.328. The fourth-order valence-electron chi connectivity index (χ4n) is 4.95. The number of hydrogen-bond acceptors (Lipinski definition) is 5. The topological polar surface area (TPSA) is 54.0 Å². The summed E-state index contributed by atoms with van der Waals surface area (Å²) in [4.78, 5) is 12.0. The predicted molar refractivity (Wildman–Crippen MR) is 89.0 cm³/mol. The number of fused-ring (bicyclic) bond motifs is 2. The van der Waals surface area contributed by atoms with Crippen LogP contribution in [-0.4, -0.2) is 37.9 Å². The van der Waals surface area contributed by atoms with Crippen molar-refractivity contribution in [3.63, 3.8) is 0 Å². The van der Waals surface area contributed by atoms with Crippen molar-refractivity contribution in [2.75, 3.05) is 13.2 Å². The average Bonchev–Trinajstić information content (AvgIpc) is 2.72. The van der Waals surface area contributed by atoms with Gasteiger partial charge in [0.1, 0.15) is 6.10 Å². The van der Waals surface area contributed by atoms with Crippen molar-refractivity contribution < 1.29 is 23.7 Å². The minimum absolute atomic E-state index is 0.0600. The third-order valence-corrected chi connectivity index (χ3v) is 6.15. The molecule has 7 unspecified atom stereocenters. The van der Waals surface area contributed by atoms with Crippen molar-refractivity contribution in [1.82, 2.24) is 0 Å². The van der Waals surface area contributed by atoms with Gasteiger partial charge in [0.15, 0.2) is 12.6 Å². The van der Waals surface area contributed by atoms with Gasteiger partial charge >= 0.3 is 5.97 Å². The van der Waals surface area contributed by atoms with E-state index in [0.717, 1.165) is 19.3 Å². The molecule has 0 aromatic heterocycles. The summed E-state index contributed by atoms with van der Waals surface area (Å²) < 4.78 is 23.5. The van der Waals surface area contributed by atoms with E-state index in [0.29, 0.717) is 30.6 Å². The van der Waals surface area contributed by atoms with Gasteiger partial charge in [0.05, 0.1) is 0 Å². The van der Waals surface area contributed by atoms with E-state index < -0.39 is 0 Å². The summed E-state index contributed by atoms with van der Waals surface area (Å²) in [6, 6.07) is 0. The number of esters is 1. The van der Waals surface area contributed by atoms with Crippen molar-refractivity contribution in [1.29, 1.82) is 0 Å². The molecule has 0 N–H and O–H groups in total. The fourth-order valence-corrected chi connectivity index (χ4v) is 4.95. The molecule has 0 aromatic carbocycles. The van der Waals surface area contributed by atoms with Gasteiger partial charge in [0, 0.05) is 36.5 Å². The second kappa shape index (κ2) is 6.77. The van der Waals surface area contributed by atoms with Gasteiger partial charge in [-0.1, -0.05) is 20.4 Å². The lowest BCUT2D eigenvalue weighted by Crippen LogP contribution is -2.52. The number of carbonyl (C=O) groups excluding carboxylic acids is 1. The van der Waals surface area contributed by atoms with Crippen LogP contribution in [0.1, 0.15) is 47.0 Å². The molecule has 136 valence electrons. The molecular formula is C19H30O5. The van der Waals surface area contributed by atoms with Crippen LogP contribution in [0.4, 0.5) is 0 Å². The van der Waals surface area contributed by atoms with Crippen LogP contribution in [0.3, 0.4) is 0 Å². The van der Waals surface area contributed by atoms with E-state index in [1.807, 2.05) is 13.8 Å². The van der Waals surface area contributed by atoms with Crippen LogP contribution in [0.15, 0.2) is 12.2 Å². The zero-order valence-corrected chi connectivity index (χ0v) is 15.2. The molecule has 24 heavy (non-hydrogen) atoms. The van der Waals surface area contributed by atoms with Crippen molar-refractivity contribution in [3.8, 4) is 0 Å². The Morgan fingerprint density at radius 1 is 1.25 bits per heavy atom. The molecule has 7 atom stereocenters. The molecule has 5 nitrogen and oxygen atoms in total. The molecule has 2 saturated heterocycles. The van der Waals surface area contributed by atoms with E-state index in [4.69, 9.17) is 18.9 Å². The van der Waals surface area contributed by atoms with Crippen molar-refractivity contribution >= 4 is 5.97 Å². The Kier molecular flexibility index (Phi) is 5.05. The number of rotatable bonds is 4. The van der Waals surface area contributed by atoms with Gasteiger partial charge in [-0.05, 0) is 38.5 Å². The first kappa shape index (κ1) is 17.9. The zero-order chi connectivity index (χ0) is 17.5. The molecule has 0 amide bonds. The molecule has 0 aromatic rings. The largest absolute Gasteiger partial charge is 0.458 e. The molecule has 0 spiro atoms. The van der Waals surface area contributed by atoms with Gasteiger partial charge in [-0.15, -0.1) is 0 Å². The summed E-state index contributed by atoms with van der Waals surface area (Å²) >= 11 is 0.